The molecule has 6 aromatic carbocycles. The molecule has 6 aromatic rings. The van der Waals surface area contributed by atoms with Crippen molar-refractivity contribution in [1.29, 1.82) is 0 Å². The highest BCUT2D eigenvalue weighted by Crippen LogP contribution is 2.58. The molecular weight excluding hydrogens is 544 g/mol. The van der Waals surface area contributed by atoms with E-state index in [1.807, 2.05) is 0 Å². The van der Waals surface area contributed by atoms with E-state index in [4.69, 9.17) is 4.74 Å². The molecule has 1 aliphatic heterocycles. The van der Waals surface area contributed by atoms with E-state index >= 15 is 0 Å². The maximum atomic E-state index is 6.40. The molecule has 1 heteroatoms. The lowest BCUT2D eigenvalue weighted by Crippen LogP contribution is -2.29. The molecule has 0 aromatic heterocycles. The van der Waals surface area contributed by atoms with Crippen LogP contribution in [0.3, 0.4) is 0 Å². The van der Waals surface area contributed by atoms with Gasteiger partial charge in [0.2, 0.25) is 0 Å². The minimum atomic E-state index is -0.419. The van der Waals surface area contributed by atoms with Gasteiger partial charge in [-0.2, -0.15) is 0 Å². The zero-order valence-electron chi connectivity index (χ0n) is 25.7. The lowest BCUT2D eigenvalue weighted by molar-refractivity contribution is 0.366. The minimum absolute atomic E-state index is 0.104. The lowest BCUT2D eigenvalue weighted by Gasteiger charge is -2.38. The molecule has 2 aliphatic carbocycles. The van der Waals surface area contributed by atoms with Crippen LogP contribution in [0, 0.1) is 0 Å². The van der Waals surface area contributed by atoms with Crippen LogP contribution in [0.25, 0.3) is 33.0 Å². The summed E-state index contributed by atoms with van der Waals surface area (Å²) in [4.78, 5) is 0. The van der Waals surface area contributed by atoms with Gasteiger partial charge in [-0.05, 0) is 86.3 Å². The minimum Gasteiger partial charge on any atom is -0.457 e. The molecule has 0 saturated heterocycles. The number of benzene rings is 6. The Morgan fingerprint density at radius 3 is 2.13 bits per heavy atom. The highest BCUT2D eigenvalue weighted by Gasteiger charge is 2.46. The van der Waals surface area contributed by atoms with Gasteiger partial charge in [-0.25, -0.2) is 0 Å². The van der Waals surface area contributed by atoms with Gasteiger partial charge in [0, 0.05) is 16.6 Å². The Morgan fingerprint density at radius 1 is 0.556 bits per heavy atom. The van der Waals surface area contributed by atoms with Crippen molar-refractivity contribution in [2.75, 3.05) is 0 Å². The second-order valence-electron chi connectivity index (χ2n) is 13.1. The first-order valence-electron chi connectivity index (χ1n) is 16.1. The summed E-state index contributed by atoms with van der Waals surface area (Å²) in [5.74, 6) is 2.01. The van der Waals surface area contributed by atoms with Crippen molar-refractivity contribution in [3.8, 4) is 28.0 Å². The highest BCUT2D eigenvalue weighted by atomic mass is 16.5. The number of ether oxygens (including phenoxy) is 1. The summed E-state index contributed by atoms with van der Waals surface area (Å²) < 4.78 is 6.40. The summed E-state index contributed by atoms with van der Waals surface area (Å²) in [5, 5.41) is 2.58. The van der Waals surface area contributed by atoms with Gasteiger partial charge in [-0.3, -0.25) is 0 Å². The van der Waals surface area contributed by atoms with Crippen LogP contribution in [-0.4, -0.2) is 0 Å². The molecule has 0 saturated carbocycles. The van der Waals surface area contributed by atoms with Gasteiger partial charge in [0.15, 0.2) is 0 Å². The van der Waals surface area contributed by atoms with Crippen LogP contribution in [0.1, 0.15) is 54.5 Å². The fraction of sp³-hybridized carbons (Fsp3) is 0.136. The predicted molar refractivity (Wildman–Crippen MR) is 186 cm³/mol. The van der Waals surface area contributed by atoms with Crippen LogP contribution >= 0.6 is 0 Å². The normalized spacial score (nSPS) is 19.0. The zero-order chi connectivity index (χ0) is 30.2. The predicted octanol–water partition coefficient (Wildman–Crippen LogP) is 11.1. The Bertz CT molecular complexity index is 2200. The Morgan fingerprint density at radius 2 is 1.27 bits per heavy atom. The number of fused-ring (bicyclic) bond motifs is 7. The third kappa shape index (κ3) is 3.68. The van der Waals surface area contributed by atoms with Crippen molar-refractivity contribution in [3.05, 3.63) is 185 Å². The van der Waals surface area contributed by atoms with Crippen LogP contribution in [0.5, 0.6) is 5.75 Å². The van der Waals surface area contributed by atoms with E-state index in [-0.39, 0.29) is 5.41 Å². The Hall–Kier alpha value is -5.14. The monoisotopic (exact) mass is 578 g/mol. The van der Waals surface area contributed by atoms with Crippen molar-refractivity contribution in [2.45, 2.75) is 37.5 Å². The van der Waals surface area contributed by atoms with Crippen molar-refractivity contribution in [3.63, 3.8) is 0 Å². The fourth-order valence-corrected chi connectivity index (χ4v) is 8.30. The van der Waals surface area contributed by atoms with Crippen LogP contribution in [0.15, 0.2) is 157 Å². The van der Waals surface area contributed by atoms with E-state index in [9.17, 15) is 0 Å². The maximum absolute atomic E-state index is 6.40. The van der Waals surface area contributed by atoms with Crippen LogP contribution in [0.2, 0.25) is 0 Å². The van der Waals surface area contributed by atoms with Crippen LogP contribution < -0.4 is 4.74 Å². The van der Waals surface area contributed by atoms with E-state index < -0.39 is 5.41 Å². The summed E-state index contributed by atoms with van der Waals surface area (Å²) >= 11 is 0. The van der Waals surface area contributed by atoms with Gasteiger partial charge in [-0.15, -0.1) is 0 Å². The number of allylic oxidation sites excluding steroid dienone is 3. The van der Waals surface area contributed by atoms with Gasteiger partial charge < -0.3 is 4.74 Å². The maximum Gasteiger partial charge on any atom is 0.131 e. The summed E-state index contributed by atoms with van der Waals surface area (Å²) in [7, 11) is 0. The van der Waals surface area contributed by atoms with E-state index in [0.29, 0.717) is 0 Å². The molecule has 45 heavy (non-hydrogen) atoms. The molecule has 1 heterocycles. The Kier molecular flexibility index (Phi) is 5.65. The standard InChI is InChI=1S/C44H34O/c1-43(2)37-18-10-11-19-40(37)45-41-27-23-31(28-39(41)43)29-20-24-33(25-21-29)44(32-13-4-3-5-14-32)36-17-9-8-16-35(36)42-34-15-7-6-12-30(34)22-26-38(42)44/h3-9,12-28H,10-11H2,1-2H3. The summed E-state index contributed by atoms with van der Waals surface area (Å²) in [6.45, 7) is 4.66. The van der Waals surface area contributed by atoms with Gasteiger partial charge in [-0.1, -0.05) is 141 Å². The number of hydrogen-bond donors (Lipinski definition) is 0. The zero-order valence-corrected chi connectivity index (χ0v) is 25.7. The Labute approximate surface area is 265 Å². The molecular formula is C44H34O. The molecule has 0 spiro atoms. The smallest absolute Gasteiger partial charge is 0.131 e. The van der Waals surface area contributed by atoms with Crippen molar-refractivity contribution in [2.24, 2.45) is 0 Å². The van der Waals surface area contributed by atoms with Gasteiger partial charge in [0.05, 0.1) is 5.41 Å². The van der Waals surface area contributed by atoms with E-state index in [1.165, 1.54) is 66.4 Å². The highest BCUT2D eigenvalue weighted by molar-refractivity contribution is 6.04. The molecule has 0 N–H and O–H groups in total. The van der Waals surface area contributed by atoms with Crippen molar-refractivity contribution >= 4 is 10.8 Å². The third-order valence-electron chi connectivity index (χ3n) is 10.4. The average Bonchev–Trinajstić information content (AvgIpc) is 3.40. The topological polar surface area (TPSA) is 9.23 Å². The van der Waals surface area contributed by atoms with Crippen molar-refractivity contribution in [1.82, 2.24) is 0 Å². The molecule has 3 aliphatic rings. The first kappa shape index (κ1) is 26.3. The molecule has 1 nitrogen and oxygen atoms in total. The van der Waals surface area contributed by atoms with Gasteiger partial charge >= 0.3 is 0 Å². The molecule has 1 unspecified atom stereocenters. The molecule has 0 fully saturated rings. The summed E-state index contributed by atoms with van der Waals surface area (Å²) in [6, 6.07) is 49.6. The van der Waals surface area contributed by atoms with Gasteiger partial charge in [0.25, 0.3) is 0 Å². The molecule has 0 amide bonds. The number of rotatable bonds is 3. The second-order valence-corrected chi connectivity index (χ2v) is 13.1. The van der Waals surface area contributed by atoms with E-state index in [0.717, 1.165) is 24.4 Å². The molecule has 1 atom stereocenters. The van der Waals surface area contributed by atoms with E-state index in [1.54, 1.807) is 0 Å². The SMILES string of the molecule is CC1(C)C2=CCCC=C2Oc2ccc(-c3ccc(C4(c5ccccc5)c5ccccc5-c5c4ccc4ccccc54)cc3)cc21. The summed E-state index contributed by atoms with van der Waals surface area (Å²) in [6.07, 6.45) is 6.73. The first-order valence-corrected chi connectivity index (χ1v) is 16.1. The van der Waals surface area contributed by atoms with Crippen LogP contribution in [-0.2, 0) is 10.8 Å². The average molecular weight is 579 g/mol. The van der Waals surface area contributed by atoms with Gasteiger partial charge in [0.1, 0.15) is 11.5 Å². The lowest BCUT2D eigenvalue weighted by atomic mass is 9.67. The molecule has 216 valence electrons. The summed E-state index contributed by atoms with van der Waals surface area (Å²) in [5.41, 5.74) is 12.4. The second kappa shape index (κ2) is 9.68. The first-order chi connectivity index (χ1) is 22.1. The largest absolute Gasteiger partial charge is 0.457 e. The van der Waals surface area contributed by atoms with Crippen molar-refractivity contribution < 1.29 is 4.74 Å². The van der Waals surface area contributed by atoms with E-state index in [2.05, 4.69) is 159 Å². The number of hydrogen-bond acceptors (Lipinski definition) is 1. The molecule has 0 bridgehead atoms. The Balaban J connectivity index is 1.23. The fourth-order valence-electron chi connectivity index (χ4n) is 8.30. The molecule has 0 radical (unpaired) electrons. The third-order valence-corrected chi connectivity index (χ3v) is 10.4. The van der Waals surface area contributed by atoms with Crippen LogP contribution in [0.4, 0.5) is 0 Å². The quantitative estimate of drug-likeness (QED) is 0.203. The molecule has 9 rings (SSSR count).